The highest BCUT2D eigenvalue weighted by Gasteiger charge is 2.29. The summed E-state index contributed by atoms with van der Waals surface area (Å²) in [6, 6.07) is 6.49. The molecule has 1 saturated heterocycles. The van der Waals surface area contributed by atoms with Gasteiger partial charge in [0, 0.05) is 38.0 Å². The first-order valence-electron chi connectivity index (χ1n) is 8.57. The number of nitrogens with zero attached hydrogens (tertiary/aromatic N) is 1. The molecular weight excluding hydrogens is 292 g/mol. The number of rotatable bonds is 6. The molecule has 4 rings (SSSR count). The van der Waals surface area contributed by atoms with Crippen molar-refractivity contribution in [3.05, 3.63) is 24.1 Å². The van der Waals surface area contributed by atoms with E-state index >= 15 is 0 Å². The molecule has 0 bridgehead atoms. The maximum atomic E-state index is 5.92. The first-order valence-corrected chi connectivity index (χ1v) is 8.57. The molecule has 1 atom stereocenters. The summed E-state index contributed by atoms with van der Waals surface area (Å²) in [5, 5.41) is 3.63. The smallest absolute Gasteiger partial charge is 0.198 e. The maximum Gasteiger partial charge on any atom is 0.198 e. The third kappa shape index (κ3) is 3.35. The molecule has 2 heterocycles. The van der Waals surface area contributed by atoms with Crippen molar-refractivity contribution in [2.75, 3.05) is 32.2 Å². The highest BCUT2D eigenvalue weighted by atomic mass is 16.5. The highest BCUT2D eigenvalue weighted by molar-refractivity contribution is 5.77. The van der Waals surface area contributed by atoms with E-state index in [1.807, 2.05) is 6.07 Å². The number of methoxy groups -OCH3 is 1. The largest absolute Gasteiger partial charge is 0.440 e. The lowest BCUT2D eigenvalue weighted by molar-refractivity contribution is 0.0485. The third-order valence-electron chi connectivity index (χ3n) is 4.86. The zero-order valence-electron chi connectivity index (χ0n) is 13.6. The monoisotopic (exact) mass is 316 g/mol. The second-order valence-corrected chi connectivity index (χ2v) is 6.66. The van der Waals surface area contributed by atoms with Crippen molar-refractivity contribution >= 4 is 16.8 Å². The summed E-state index contributed by atoms with van der Waals surface area (Å²) in [5.41, 5.74) is 2.90. The van der Waals surface area contributed by atoms with Crippen LogP contribution in [0.1, 0.15) is 37.5 Å². The van der Waals surface area contributed by atoms with Crippen molar-refractivity contribution in [1.82, 2.24) is 4.98 Å². The molecule has 0 spiro atoms. The van der Waals surface area contributed by atoms with Gasteiger partial charge in [0.1, 0.15) is 5.52 Å². The lowest BCUT2D eigenvalue weighted by Crippen LogP contribution is -2.36. The van der Waals surface area contributed by atoms with Crippen LogP contribution < -0.4 is 5.32 Å². The SMILES string of the molecule is COCC(Nc1ccc2nc(C3CC3)oc2c1)C1CCOCC1. The fraction of sp³-hybridized carbons (Fsp3) is 0.611. The molecule has 1 unspecified atom stereocenters. The van der Waals surface area contributed by atoms with Crippen LogP contribution in [0.2, 0.25) is 0 Å². The Kier molecular flexibility index (Phi) is 4.23. The van der Waals surface area contributed by atoms with Crippen LogP contribution in [-0.4, -0.2) is 38.0 Å². The van der Waals surface area contributed by atoms with Gasteiger partial charge in [0.05, 0.1) is 12.6 Å². The van der Waals surface area contributed by atoms with E-state index in [2.05, 4.69) is 22.4 Å². The van der Waals surface area contributed by atoms with Gasteiger partial charge in [-0.15, -0.1) is 0 Å². The molecule has 0 radical (unpaired) electrons. The Morgan fingerprint density at radius 2 is 2.09 bits per heavy atom. The minimum Gasteiger partial charge on any atom is -0.440 e. The van der Waals surface area contributed by atoms with Crippen LogP contribution in [-0.2, 0) is 9.47 Å². The van der Waals surface area contributed by atoms with Gasteiger partial charge in [-0.1, -0.05) is 0 Å². The van der Waals surface area contributed by atoms with E-state index in [4.69, 9.17) is 13.9 Å². The van der Waals surface area contributed by atoms with E-state index in [1.165, 1.54) is 12.8 Å². The van der Waals surface area contributed by atoms with Gasteiger partial charge >= 0.3 is 0 Å². The Morgan fingerprint density at radius 3 is 2.83 bits per heavy atom. The Morgan fingerprint density at radius 1 is 1.26 bits per heavy atom. The van der Waals surface area contributed by atoms with Crippen LogP contribution in [0.5, 0.6) is 0 Å². The zero-order chi connectivity index (χ0) is 15.6. The van der Waals surface area contributed by atoms with Crippen molar-refractivity contribution in [3.8, 4) is 0 Å². The zero-order valence-corrected chi connectivity index (χ0v) is 13.6. The van der Waals surface area contributed by atoms with Crippen LogP contribution in [0.25, 0.3) is 11.1 Å². The molecule has 2 fully saturated rings. The van der Waals surface area contributed by atoms with Crippen LogP contribution in [0.3, 0.4) is 0 Å². The van der Waals surface area contributed by atoms with Crippen molar-refractivity contribution in [1.29, 1.82) is 0 Å². The topological polar surface area (TPSA) is 56.5 Å². The van der Waals surface area contributed by atoms with Gasteiger partial charge in [0.2, 0.25) is 0 Å². The summed E-state index contributed by atoms with van der Waals surface area (Å²) in [6.07, 6.45) is 4.57. The van der Waals surface area contributed by atoms with Gasteiger partial charge in [0.15, 0.2) is 11.5 Å². The lowest BCUT2D eigenvalue weighted by atomic mass is 9.92. The second kappa shape index (κ2) is 6.49. The van der Waals surface area contributed by atoms with E-state index in [0.29, 0.717) is 24.5 Å². The molecule has 2 aliphatic rings. The predicted molar refractivity (Wildman–Crippen MR) is 88.8 cm³/mol. The molecule has 1 saturated carbocycles. The fourth-order valence-corrected chi connectivity index (χ4v) is 3.34. The normalized spacial score (nSPS) is 20.7. The summed E-state index contributed by atoms with van der Waals surface area (Å²) >= 11 is 0. The van der Waals surface area contributed by atoms with E-state index in [0.717, 1.165) is 48.7 Å². The minimum atomic E-state index is 0.298. The lowest BCUT2D eigenvalue weighted by Gasteiger charge is -2.31. The Bertz CT molecular complexity index is 659. The van der Waals surface area contributed by atoms with Crippen molar-refractivity contribution in [2.24, 2.45) is 5.92 Å². The van der Waals surface area contributed by atoms with E-state index in [1.54, 1.807) is 7.11 Å². The number of hydrogen-bond acceptors (Lipinski definition) is 5. The highest BCUT2D eigenvalue weighted by Crippen LogP contribution is 2.40. The van der Waals surface area contributed by atoms with Gasteiger partial charge in [0.25, 0.3) is 0 Å². The van der Waals surface area contributed by atoms with Crippen molar-refractivity contribution < 1.29 is 13.9 Å². The summed E-state index contributed by atoms with van der Waals surface area (Å²) in [5.74, 6) is 2.02. The summed E-state index contributed by atoms with van der Waals surface area (Å²) in [6.45, 7) is 2.39. The number of hydrogen-bond donors (Lipinski definition) is 1. The molecule has 5 nitrogen and oxygen atoms in total. The number of oxazole rings is 1. The van der Waals surface area contributed by atoms with Crippen LogP contribution in [0.15, 0.2) is 22.6 Å². The van der Waals surface area contributed by atoms with E-state index in [9.17, 15) is 0 Å². The molecule has 0 amide bonds. The van der Waals surface area contributed by atoms with Crippen LogP contribution in [0, 0.1) is 5.92 Å². The average molecular weight is 316 g/mol. The molecule has 1 aromatic heterocycles. The van der Waals surface area contributed by atoms with Gasteiger partial charge < -0.3 is 19.2 Å². The standard InChI is InChI=1S/C18H24N2O3/c1-21-11-16(12-6-8-22-9-7-12)19-14-4-5-15-17(10-14)23-18(20-15)13-2-3-13/h4-5,10,12-13,16,19H,2-3,6-9,11H2,1H3. The molecule has 1 aliphatic heterocycles. The molecule has 1 N–H and O–H groups in total. The first kappa shape index (κ1) is 15.0. The number of ether oxygens (including phenoxy) is 2. The average Bonchev–Trinajstić information content (AvgIpc) is 3.35. The molecule has 2 aromatic rings. The Hall–Kier alpha value is -1.59. The quantitative estimate of drug-likeness (QED) is 0.883. The van der Waals surface area contributed by atoms with Gasteiger partial charge in [-0.2, -0.15) is 0 Å². The van der Waals surface area contributed by atoms with E-state index in [-0.39, 0.29) is 0 Å². The number of benzene rings is 1. The third-order valence-corrected chi connectivity index (χ3v) is 4.86. The summed E-state index contributed by atoms with van der Waals surface area (Å²) < 4.78 is 16.8. The van der Waals surface area contributed by atoms with Crippen LogP contribution >= 0.6 is 0 Å². The maximum absolute atomic E-state index is 5.92. The number of aromatic nitrogens is 1. The van der Waals surface area contributed by atoms with Crippen molar-refractivity contribution in [3.63, 3.8) is 0 Å². The van der Waals surface area contributed by atoms with Gasteiger partial charge in [-0.05, 0) is 43.7 Å². The van der Waals surface area contributed by atoms with E-state index < -0.39 is 0 Å². The minimum absolute atomic E-state index is 0.298. The van der Waals surface area contributed by atoms with Crippen molar-refractivity contribution in [2.45, 2.75) is 37.6 Å². The first-order chi connectivity index (χ1) is 11.3. The molecular formula is C18H24N2O3. The predicted octanol–water partition coefficient (Wildman–Crippen LogP) is 3.56. The second-order valence-electron chi connectivity index (χ2n) is 6.66. The summed E-state index contributed by atoms with van der Waals surface area (Å²) in [7, 11) is 1.76. The Labute approximate surface area is 136 Å². The number of nitrogens with one attached hydrogen (secondary N) is 1. The molecule has 1 aliphatic carbocycles. The van der Waals surface area contributed by atoms with Crippen LogP contribution in [0.4, 0.5) is 5.69 Å². The molecule has 5 heteroatoms. The Balaban J connectivity index is 1.51. The van der Waals surface area contributed by atoms with Gasteiger partial charge in [-0.3, -0.25) is 0 Å². The molecule has 1 aromatic carbocycles. The molecule has 23 heavy (non-hydrogen) atoms. The molecule has 124 valence electrons. The number of anilines is 1. The summed E-state index contributed by atoms with van der Waals surface area (Å²) in [4.78, 5) is 4.59. The van der Waals surface area contributed by atoms with Gasteiger partial charge in [-0.25, -0.2) is 4.98 Å². The fourth-order valence-electron chi connectivity index (χ4n) is 3.34. The number of fused-ring (bicyclic) bond motifs is 1.